The van der Waals surface area contributed by atoms with Crippen LogP contribution in [0.15, 0.2) is 41.5 Å². The van der Waals surface area contributed by atoms with Crippen molar-refractivity contribution in [3.05, 3.63) is 67.8 Å². The van der Waals surface area contributed by atoms with Gasteiger partial charge >= 0.3 is 0 Å². The van der Waals surface area contributed by atoms with Crippen LogP contribution >= 0.6 is 0 Å². The first-order chi connectivity index (χ1) is 13.8. The molecule has 11 heteroatoms. The van der Waals surface area contributed by atoms with Gasteiger partial charge in [-0.05, 0) is 26.0 Å². The Morgan fingerprint density at radius 1 is 1.10 bits per heavy atom. The molecular formula is C18H19N5O6. The van der Waals surface area contributed by atoms with Crippen molar-refractivity contribution in [2.75, 3.05) is 18.0 Å². The normalized spacial score (nSPS) is 10.7. The number of phenols is 1. The molecule has 0 aliphatic heterocycles. The van der Waals surface area contributed by atoms with Gasteiger partial charge in [0, 0.05) is 42.5 Å². The summed E-state index contributed by atoms with van der Waals surface area (Å²) < 4.78 is 0. The zero-order chi connectivity index (χ0) is 21.6. The van der Waals surface area contributed by atoms with Crippen LogP contribution < -0.4 is 10.3 Å². The number of amides is 1. The van der Waals surface area contributed by atoms with E-state index >= 15 is 0 Å². The van der Waals surface area contributed by atoms with Crippen molar-refractivity contribution in [1.82, 2.24) is 5.43 Å². The Hall–Kier alpha value is -4.02. The van der Waals surface area contributed by atoms with Crippen molar-refractivity contribution in [3.63, 3.8) is 0 Å². The van der Waals surface area contributed by atoms with Crippen LogP contribution in [0.4, 0.5) is 17.1 Å². The van der Waals surface area contributed by atoms with Crippen LogP contribution in [0.25, 0.3) is 0 Å². The molecule has 2 aromatic rings. The molecule has 0 aromatic heterocycles. The van der Waals surface area contributed by atoms with Gasteiger partial charge in [0.25, 0.3) is 17.3 Å². The molecule has 2 rings (SSSR count). The third kappa shape index (κ3) is 5.25. The van der Waals surface area contributed by atoms with Crippen LogP contribution in [0.5, 0.6) is 5.75 Å². The van der Waals surface area contributed by atoms with Gasteiger partial charge < -0.3 is 10.0 Å². The number of rotatable bonds is 8. The predicted octanol–water partition coefficient (Wildman–Crippen LogP) is 2.82. The third-order valence-corrected chi connectivity index (χ3v) is 4.10. The Bertz CT molecular complexity index is 939. The number of hydrogen-bond acceptors (Lipinski definition) is 8. The fourth-order valence-electron chi connectivity index (χ4n) is 2.59. The fourth-order valence-corrected chi connectivity index (χ4v) is 2.59. The minimum absolute atomic E-state index is 0.0432. The van der Waals surface area contributed by atoms with Crippen LogP contribution in [0.1, 0.15) is 29.8 Å². The molecule has 0 fully saturated rings. The molecule has 2 aromatic carbocycles. The number of nitrogens with one attached hydrogen (secondary N) is 1. The number of phenolic OH excluding ortho intramolecular Hbond substituents is 1. The number of aromatic hydroxyl groups is 1. The van der Waals surface area contributed by atoms with Gasteiger partial charge in [0.1, 0.15) is 5.75 Å². The molecule has 0 atom stereocenters. The molecule has 0 spiro atoms. The summed E-state index contributed by atoms with van der Waals surface area (Å²) in [7, 11) is 0. The molecule has 0 saturated carbocycles. The lowest BCUT2D eigenvalue weighted by Gasteiger charge is -2.21. The minimum atomic E-state index is -0.868. The van der Waals surface area contributed by atoms with Crippen molar-refractivity contribution in [3.8, 4) is 5.75 Å². The predicted molar refractivity (Wildman–Crippen MR) is 106 cm³/mol. The molecule has 152 valence electrons. The van der Waals surface area contributed by atoms with Crippen LogP contribution in [0.3, 0.4) is 0 Å². The SMILES string of the molecule is CCN(CC)c1ccc(C=NNC(=O)c2cc([N+](=O)[O-])cc([N+](=O)[O-])c2)c(O)c1. The summed E-state index contributed by atoms with van der Waals surface area (Å²) in [5, 5.41) is 35.6. The van der Waals surface area contributed by atoms with Crippen molar-refractivity contribution < 1.29 is 19.7 Å². The largest absolute Gasteiger partial charge is 0.507 e. The van der Waals surface area contributed by atoms with Gasteiger partial charge in [-0.3, -0.25) is 25.0 Å². The number of nitro groups is 2. The smallest absolute Gasteiger partial charge is 0.277 e. The van der Waals surface area contributed by atoms with E-state index in [-0.39, 0.29) is 11.3 Å². The zero-order valence-electron chi connectivity index (χ0n) is 15.7. The summed E-state index contributed by atoms with van der Waals surface area (Å²) >= 11 is 0. The van der Waals surface area contributed by atoms with Gasteiger partial charge in [0.05, 0.1) is 27.7 Å². The lowest BCUT2D eigenvalue weighted by atomic mass is 10.1. The van der Waals surface area contributed by atoms with Crippen LogP contribution in [-0.4, -0.2) is 40.2 Å². The first kappa shape index (κ1) is 21.3. The monoisotopic (exact) mass is 401 g/mol. The number of benzene rings is 2. The van der Waals surface area contributed by atoms with Gasteiger partial charge in [-0.15, -0.1) is 0 Å². The quantitative estimate of drug-likeness (QED) is 0.392. The molecule has 0 bridgehead atoms. The highest BCUT2D eigenvalue weighted by Crippen LogP contribution is 2.24. The maximum absolute atomic E-state index is 12.2. The lowest BCUT2D eigenvalue weighted by Crippen LogP contribution is -2.21. The Morgan fingerprint density at radius 3 is 2.17 bits per heavy atom. The second-order valence-corrected chi connectivity index (χ2v) is 5.87. The Kier molecular flexibility index (Phi) is 6.80. The standard InChI is InChI=1S/C18H19N5O6/c1-3-21(4-2)14-6-5-12(17(24)10-14)11-19-20-18(25)13-7-15(22(26)27)9-16(8-13)23(28)29/h5-11,24H,3-4H2,1-2H3,(H,20,25). The van der Waals surface area contributed by atoms with Crippen LogP contribution in [-0.2, 0) is 0 Å². The van der Waals surface area contributed by atoms with E-state index in [2.05, 4.69) is 10.5 Å². The molecule has 2 N–H and O–H groups in total. The van der Waals surface area contributed by atoms with E-state index in [1.54, 1.807) is 18.2 Å². The van der Waals surface area contributed by atoms with E-state index in [0.717, 1.165) is 37.0 Å². The maximum Gasteiger partial charge on any atom is 0.277 e. The van der Waals surface area contributed by atoms with Gasteiger partial charge in [-0.2, -0.15) is 5.10 Å². The van der Waals surface area contributed by atoms with E-state index < -0.39 is 27.1 Å². The molecule has 11 nitrogen and oxygen atoms in total. The van der Waals surface area contributed by atoms with E-state index in [0.29, 0.717) is 5.56 Å². The van der Waals surface area contributed by atoms with E-state index in [1.807, 2.05) is 18.7 Å². The Balaban J connectivity index is 2.17. The maximum atomic E-state index is 12.2. The second kappa shape index (κ2) is 9.26. The highest BCUT2D eigenvalue weighted by atomic mass is 16.6. The average molecular weight is 401 g/mol. The summed E-state index contributed by atoms with van der Waals surface area (Å²) in [6.07, 6.45) is 1.20. The molecule has 29 heavy (non-hydrogen) atoms. The van der Waals surface area contributed by atoms with Gasteiger partial charge in [-0.1, -0.05) is 0 Å². The van der Waals surface area contributed by atoms with Crippen LogP contribution in [0, 0.1) is 20.2 Å². The Morgan fingerprint density at radius 2 is 1.69 bits per heavy atom. The first-order valence-corrected chi connectivity index (χ1v) is 8.62. The van der Waals surface area contributed by atoms with Crippen molar-refractivity contribution in [2.45, 2.75) is 13.8 Å². The van der Waals surface area contributed by atoms with Gasteiger partial charge in [0.15, 0.2) is 0 Å². The highest BCUT2D eigenvalue weighted by molar-refractivity contribution is 5.96. The topological polar surface area (TPSA) is 151 Å². The van der Waals surface area contributed by atoms with Crippen molar-refractivity contribution in [1.29, 1.82) is 0 Å². The van der Waals surface area contributed by atoms with Gasteiger partial charge in [-0.25, -0.2) is 5.43 Å². The summed E-state index contributed by atoms with van der Waals surface area (Å²) in [5.74, 6) is -0.911. The molecule has 0 saturated heterocycles. The number of nitrogens with zero attached hydrogens (tertiary/aromatic N) is 4. The zero-order valence-corrected chi connectivity index (χ0v) is 15.7. The van der Waals surface area contributed by atoms with Crippen molar-refractivity contribution >= 4 is 29.2 Å². The summed E-state index contributed by atoms with van der Waals surface area (Å²) in [5.41, 5.74) is 1.84. The number of hydrogen-bond donors (Lipinski definition) is 2. The number of carbonyl (C=O) groups is 1. The van der Waals surface area contributed by atoms with Gasteiger partial charge in [0.2, 0.25) is 0 Å². The number of anilines is 1. The molecular weight excluding hydrogens is 382 g/mol. The van der Waals surface area contributed by atoms with E-state index in [9.17, 15) is 30.1 Å². The van der Waals surface area contributed by atoms with E-state index in [1.165, 1.54) is 6.21 Å². The molecule has 0 aliphatic carbocycles. The number of nitro benzene ring substituents is 2. The minimum Gasteiger partial charge on any atom is -0.507 e. The third-order valence-electron chi connectivity index (χ3n) is 4.10. The van der Waals surface area contributed by atoms with Crippen LogP contribution in [0.2, 0.25) is 0 Å². The average Bonchev–Trinajstić information content (AvgIpc) is 2.69. The molecule has 1 amide bonds. The summed E-state index contributed by atoms with van der Waals surface area (Å²) in [6.45, 7) is 5.52. The fraction of sp³-hybridized carbons (Fsp3) is 0.222. The molecule has 0 radical (unpaired) electrons. The second-order valence-electron chi connectivity index (χ2n) is 5.87. The Labute approximate surface area is 165 Å². The first-order valence-electron chi connectivity index (χ1n) is 8.62. The lowest BCUT2D eigenvalue weighted by molar-refractivity contribution is -0.394. The molecule has 0 unspecified atom stereocenters. The molecule has 0 heterocycles. The summed E-state index contributed by atoms with van der Waals surface area (Å²) in [4.78, 5) is 34.3. The van der Waals surface area contributed by atoms with E-state index in [4.69, 9.17) is 0 Å². The number of carbonyl (C=O) groups excluding carboxylic acids is 1. The number of non-ortho nitro benzene ring substituents is 2. The molecule has 0 aliphatic rings. The van der Waals surface area contributed by atoms with Crippen molar-refractivity contribution in [2.24, 2.45) is 5.10 Å². The summed E-state index contributed by atoms with van der Waals surface area (Å²) in [6, 6.07) is 7.56. The highest BCUT2D eigenvalue weighted by Gasteiger charge is 2.19. The number of hydrazone groups is 1.